The van der Waals surface area contributed by atoms with Gasteiger partial charge in [0.2, 0.25) is 5.89 Å². The number of carbonyl (C=O) groups is 1. The molecule has 1 heterocycles. The largest absolute Gasteiger partial charge is 0.495 e. The van der Waals surface area contributed by atoms with Crippen molar-refractivity contribution in [3.05, 3.63) is 65.0 Å². The van der Waals surface area contributed by atoms with Gasteiger partial charge in [0.15, 0.2) is 5.69 Å². The van der Waals surface area contributed by atoms with Crippen LogP contribution in [0.2, 0.25) is 5.02 Å². The lowest BCUT2D eigenvalue weighted by Gasteiger charge is -2.06. The smallest absolute Gasteiger partial charge is 0.416 e. The summed E-state index contributed by atoms with van der Waals surface area (Å²) >= 11 is 6.00. The molecule has 0 radical (unpaired) electrons. The van der Waals surface area contributed by atoms with Gasteiger partial charge in [-0.05, 0) is 42.5 Å². The Bertz CT molecular complexity index is 969. The van der Waals surface area contributed by atoms with Gasteiger partial charge in [0.1, 0.15) is 12.0 Å². The molecule has 0 bridgehead atoms. The van der Waals surface area contributed by atoms with Gasteiger partial charge in [0.25, 0.3) is 5.91 Å². The molecule has 1 N–H and O–H groups in total. The molecule has 0 saturated carbocycles. The van der Waals surface area contributed by atoms with Crippen molar-refractivity contribution in [2.24, 2.45) is 0 Å². The minimum Gasteiger partial charge on any atom is -0.495 e. The first-order chi connectivity index (χ1) is 12.8. The van der Waals surface area contributed by atoms with E-state index in [1.54, 1.807) is 12.1 Å². The highest BCUT2D eigenvalue weighted by Crippen LogP contribution is 2.31. The van der Waals surface area contributed by atoms with Crippen molar-refractivity contribution in [2.75, 3.05) is 12.4 Å². The lowest BCUT2D eigenvalue weighted by Crippen LogP contribution is -2.12. The van der Waals surface area contributed by atoms with Crippen molar-refractivity contribution in [1.29, 1.82) is 0 Å². The maximum absolute atomic E-state index is 12.6. The van der Waals surface area contributed by atoms with E-state index in [2.05, 4.69) is 10.3 Å². The molecular formula is C18H12ClF3N2O3. The summed E-state index contributed by atoms with van der Waals surface area (Å²) in [6, 6.07) is 8.97. The number of carbonyl (C=O) groups excluding carboxylic acids is 1. The predicted molar refractivity (Wildman–Crippen MR) is 92.9 cm³/mol. The lowest BCUT2D eigenvalue weighted by atomic mass is 10.1. The number of anilines is 1. The number of rotatable bonds is 4. The highest BCUT2D eigenvalue weighted by atomic mass is 35.5. The summed E-state index contributed by atoms with van der Waals surface area (Å²) in [6.07, 6.45) is -3.31. The first-order valence-electron chi connectivity index (χ1n) is 7.56. The second-order valence-corrected chi connectivity index (χ2v) is 5.82. The van der Waals surface area contributed by atoms with E-state index in [9.17, 15) is 18.0 Å². The molecule has 0 saturated heterocycles. The maximum Gasteiger partial charge on any atom is 0.416 e. The monoisotopic (exact) mass is 396 g/mol. The fraction of sp³-hybridized carbons (Fsp3) is 0.111. The van der Waals surface area contributed by atoms with Crippen LogP contribution in [0, 0.1) is 0 Å². The van der Waals surface area contributed by atoms with E-state index in [-0.39, 0.29) is 11.6 Å². The van der Waals surface area contributed by atoms with E-state index < -0.39 is 17.6 Å². The molecule has 0 aliphatic rings. The number of halogens is 4. The summed E-state index contributed by atoms with van der Waals surface area (Å²) in [4.78, 5) is 16.3. The van der Waals surface area contributed by atoms with Gasteiger partial charge in [0.05, 0.1) is 17.7 Å². The molecule has 1 aromatic heterocycles. The lowest BCUT2D eigenvalue weighted by molar-refractivity contribution is -0.137. The first-order valence-corrected chi connectivity index (χ1v) is 7.94. The van der Waals surface area contributed by atoms with Crippen LogP contribution >= 0.6 is 11.6 Å². The Balaban J connectivity index is 1.75. The van der Waals surface area contributed by atoms with Crippen molar-refractivity contribution in [2.45, 2.75) is 6.18 Å². The van der Waals surface area contributed by atoms with Crippen molar-refractivity contribution in [3.8, 4) is 17.2 Å². The highest BCUT2D eigenvalue weighted by molar-refractivity contribution is 6.32. The first kappa shape index (κ1) is 18.8. The number of nitrogens with zero attached hydrogens (tertiary/aromatic N) is 1. The van der Waals surface area contributed by atoms with Gasteiger partial charge in [-0.2, -0.15) is 13.2 Å². The van der Waals surface area contributed by atoms with E-state index in [1.165, 1.54) is 25.3 Å². The number of hydrogen-bond donors (Lipinski definition) is 1. The zero-order valence-corrected chi connectivity index (χ0v) is 14.6. The molecule has 3 rings (SSSR count). The standard InChI is InChI=1S/C18H12ClF3N2O3/c1-26-15-7-6-12(8-13(15)19)23-16(25)14-9-27-17(24-14)10-2-4-11(5-3-10)18(20,21)22/h2-9H,1H3,(H,23,25). The quantitative estimate of drug-likeness (QED) is 0.652. The predicted octanol–water partition coefficient (Wildman–Crippen LogP) is 5.27. The summed E-state index contributed by atoms with van der Waals surface area (Å²) in [5.74, 6) is -0.0690. The zero-order valence-electron chi connectivity index (χ0n) is 13.8. The van der Waals surface area contributed by atoms with Crippen LogP contribution in [0.15, 0.2) is 53.1 Å². The van der Waals surface area contributed by atoms with Crippen LogP contribution in [-0.4, -0.2) is 18.0 Å². The van der Waals surface area contributed by atoms with E-state index in [0.717, 1.165) is 18.4 Å². The normalized spacial score (nSPS) is 11.3. The van der Waals surface area contributed by atoms with Gasteiger partial charge >= 0.3 is 6.18 Å². The summed E-state index contributed by atoms with van der Waals surface area (Å²) in [5, 5.41) is 2.91. The van der Waals surface area contributed by atoms with E-state index in [1.807, 2.05) is 0 Å². The number of nitrogens with one attached hydrogen (secondary N) is 1. The molecule has 0 aliphatic carbocycles. The van der Waals surface area contributed by atoms with Crippen LogP contribution in [0.1, 0.15) is 16.1 Å². The Morgan fingerprint density at radius 3 is 2.48 bits per heavy atom. The summed E-state index contributed by atoms with van der Waals surface area (Å²) in [7, 11) is 1.47. The van der Waals surface area contributed by atoms with Gasteiger partial charge in [-0.15, -0.1) is 0 Å². The number of benzene rings is 2. The van der Waals surface area contributed by atoms with Gasteiger partial charge in [-0.3, -0.25) is 4.79 Å². The molecule has 140 valence electrons. The molecule has 3 aromatic rings. The zero-order chi connectivity index (χ0) is 19.6. The number of methoxy groups -OCH3 is 1. The van der Waals surface area contributed by atoms with Crippen LogP contribution in [0.25, 0.3) is 11.5 Å². The van der Waals surface area contributed by atoms with E-state index in [0.29, 0.717) is 22.0 Å². The molecule has 5 nitrogen and oxygen atoms in total. The Hall–Kier alpha value is -3.00. The van der Waals surface area contributed by atoms with Crippen molar-refractivity contribution in [3.63, 3.8) is 0 Å². The fourth-order valence-electron chi connectivity index (χ4n) is 2.25. The number of amides is 1. The van der Waals surface area contributed by atoms with Crippen molar-refractivity contribution in [1.82, 2.24) is 4.98 Å². The number of ether oxygens (including phenoxy) is 1. The Morgan fingerprint density at radius 1 is 1.19 bits per heavy atom. The third-order valence-corrected chi connectivity index (χ3v) is 3.90. The molecule has 0 aliphatic heterocycles. The van der Waals surface area contributed by atoms with Gasteiger partial charge < -0.3 is 14.5 Å². The SMILES string of the molecule is COc1ccc(NC(=O)c2coc(-c3ccc(C(F)(F)F)cc3)n2)cc1Cl. The number of hydrogen-bond acceptors (Lipinski definition) is 4. The molecule has 1 amide bonds. The number of alkyl halides is 3. The van der Waals surface area contributed by atoms with Crippen LogP contribution in [0.3, 0.4) is 0 Å². The summed E-state index contributed by atoms with van der Waals surface area (Å²) < 4.78 is 48.0. The Morgan fingerprint density at radius 2 is 1.89 bits per heavy atom. The number of aromatic nitrogens is 1. The van der Waals surface area contributed by atoms with Crippen molar-refractivity contribution >= 4 is 23.2 Å². The van der Waals surface area contributed by atoms with Gasteiger partial charge in [-0.1, -0.05) is 11.6 Å². The molecule has 27 heavy (non-hydrogen) atoms. The van der Waals surface area contributed by atoms with E-state index in [4.69, 9.17) is 20.8 Å². The Kier molecular flexibility index (Phi) is 5.09. The maximum atomic E-state index is 12.6. The molecule has 0 fully saturated rings. The molecule has 2 aromatic carbocycles. The molecular weight excluding hydrogens is 385 g/mol. The second kappa shape index (κ2) is 7.32. The van der Waals surface area contributed by atoms with E-state index >= 15 is 0 Å². The Labute approximate surface area is 156 Å². The van der Waals surface area contributed by atoms with Crippen LogP contribution < -0.4 is 10.1 Å². The average molecular weight is 397 g/mol. The third-order valence-electron chi connectivity index (χ3n) is 3.61. The molecule has 0 unspecified atom stereocenters. The fourth-order valence-corrected chi connectivity index (χ4v) is 2.51. The average Bonchev–Trinajstić information content (AvgIpc) is 3.11. The third kappa shape index (κ3) is 4.22. The number of oxazole rings is 1. The van der Waals surface area contributed by atoms with Gasteiger partial charge in [-0.25, -0.2) is 4.98 Å². The highest BCUT2D eigenvalue weighted by Gasteiger charge is 2.30. The van der Waals surface area contributed by atoms with Crippen LogP contribution in [-0.2, 0) is 6.18 Å². The molecule has 9 heteroatoms. The van der Waals surface area contributed by atoms with Crippen LogP contribution in [0.5, 0.6) is 5.75 Å². The minimum atomic E-state index is -4.43. The van der Waals surface area contributed by atoms with Gasteiger partial charge in [0, 0.05) is 11.3 Å². The summed E-state index contributed by atoms with van der Waals surface area (Å²) in [5.41, 5.74) is -0.0802. The van der Waals surface area contributed by atoms with Crippen LogP contribution in [0.4, 0.5) is 18.9 Å². The topological polar surface area (TPSA) is 64.4 Å². The van der Waals surface area contributed by atoms with Crippen molar-refractivity contribution < 1.29 is 27.1 Å². The second-order valence-electron chi connectivity index (χ2n) is 5.42. The molecule has 0 spiro atoms. The molecule has 0 atom stereocenters. The minimum absolute atomic E-state index is 0.0293. The summed E-state index contributed by atoms with van der Waals surface area (Å²) in [6.45, 7) is 0.